The smallest absolute Gasteiger partial charge is 0.321 e. The first-order valence-electron chi connectivity index (χ1n) is 8.02. The van der Waals surface area contributed by atoms with Gasteiger partial charge in [0.05, 0.1) is 19.0 Å². The standard InChI is InChI=1S/C16H24N2O5S/c19-16(23-14-15-5-2-1-3-6-15)13-17-24(20,21)12-4-7-18-8-10-22-11-9-18/h1-3,5-6,17H,4,7-14H2. The lowest BCUT2D eigenvalue weighted by molar-refractivity contribution is -0.143. The zero-order chi connectivity index (χ0) is 17.3. The van der Waals surface area contributed by atoms with Gasteiger partial charge in [0, 0.05) is 13.1 Å². The van der Waals surface area contributed by atoms with Crippen molar-refractivity contribution in [1.29, 1.82) is 0 Å². The Labute approximate surface area is 143 Å². The Bertz CT molecular complexity index is 600. The van der Waals surface area contributed by atoms with Crippen molar-refractivity contribution in [2.45, 2.75) is 13.0 Å². The highest BCUT2D eigenvalue weighted by atomic mass is 32.2. The van der Waals surface area contributed by atoms with E-state index in [-0.39, 0.29) is 18.9 Å². The Morgan fingerprint density at radius 3 is 2.62 bits per heavy atom. The molecule has 1 aliphatic rings. The largest absolute Gasteiger partial charge is 0.460 e. The number of morpholine rings is 1. The number of rotatable bonds is 9. The summed E-state index contributed by atoms with van der Waals surface area (Å²) in [5, 5.41) is 0. The molecule has 1 saturated heterocycles. The van der Waals surface area contributed by atoms with Crippen molar-refractivity contribution >= 4 is 16.0 Å². The summed E-state index contributed by atoms with van der Waals surface area (Å²) >= 11 is 0. The SMILES string of the molecule is O=C(CNS(=O)(=O)CCCN1CCOCC1)OCc1ccccc1. The quantitative estimate of drug-likeness (QED) is 0.644. The molecule has 7 nitrogen and oxygen atoms in total. The predicted molar refractivity (Wildman–Crippen MR) is 89.9 cm³/mol. The molecular weight excluding hydrogens is 332 g/mol. The number of nitrogens with zero attached hydrogens (tertiary/aromatic N) is 1. The molecule has 24 heavy (non-hydrogen) atoms. The molecule has 0 atom stereocenters. The molecule has 0 amide bonds. The van der Waals surface area contributed by atoms with E-state index in [0.717, 1.165) is 18.7 Å². The van der Waals surface area contributed by atoms with Crippen LogP contribution in [-0.2, 0) is 30.9 Å². The van der Waals surface area contributed by atoms with E-state index in [4.69, 9.17) is 9.47 Å². The number of carbonyl (C=O) groups excluding carboxylic acids is 1. The van der Waals surface area contributed by atoms with E-state index in [2.05, 4.69) is 9.62 Å². The number of esters is 1. The van der Waals surface area contributed by atoms with E-state index in [1.165, 1.54) is 0 Å². The normalized spacial score (nSPS) is 16.0. The summed E-state index contributed by atoms with van der Waals surface area (Å²) in [6, 6.07) is 9.24. The van der Waals surface area contributed by atoms with Gasteiger partial charge in [-0.3, -0.25) is 9.69 Å². The van der Waals surface area contributed by atoms with Crippen LogP contribution in [0.15, 0.2) is 30.3 Å². The van der Waals surface area contributed by atoms with Gasteiger partial charge in [0.25, 0.3) is 0 Å². The van der Waals surface area contributed by atoms with Crippen LogP contribution in [0.4, 0.5) is 0 Å². The van der Waals surface area contributed by atoms with Crippen molar-refractivity contribution in [3.63, 3.8) is 0 Å². The summed E-state index contributed by atoms with van der Waals surface area (Å²) in [5.74, 6) is -0.591. The van der Waals surface area contributed by atoms with E-state index in [1.54, 1.807) is 0 Å². The van der Waals surface area contributed by atoms with Crippen molar-refractivity contribution in [3.05, 3.63) is 35.9 Å². The van der Waals surface area contributed by atoms with Crippen LogP contribution in [0.5, 0.6) is 0 Å². The van der Waals surface area contributed by atoms with E-state index >= 15 is 0 Å². The van der Waals surface area contributed by atoms with E-state index < -0.39 is 16.0 Å². The average molecular weight is 356 g/mol. The van der Waals surface area contributed by atoms with Crippen LogP contribution in [0, 0.1) is 0 Å². The second-order valence-electron chi connectivity index (χ2n) is 5.59. The predicted octanol–water partition coefficient (Wildman–Crippen LogP) is 0.372. The lowest BCUT2D eigenvalue weighted by atomic mass is 10.2. The average Bonchev–Trinajstić information content (AvgIpc) is 2.60. The van der Waals surface area contributed by atoms with Gasteiger partial charge in [-0.15, -0.1) is 0 Å². The summed E-state index contributed by atoms with van der Waals surface area (Å²) in [4.78, 5) is 13.8. The van der Waals surface area contributed by atoms with Crippen LogP contribution in [0.1, 0.15) is 12.0 Å². The first-order valence-corrected chi connectivity index (χ1v) is 9.67. The summed E-state index contributed by atoms with van der Waals surface area (Å²) in [6.45, 7) is 3.56. The molecule has 2 rings (SSSR count). The Morgan fingerprint density at radius 2 is 1.92 bits per heavy atom. The number of nitrogens with one attached hydrogen (secondary N) is 1. The molecule has 0 aromatic heterocycles. The molecule has 134 valence electrons. The summed E-state index contributed by atoms with van der Waals surface area (Å²) in [6.07, 6.45) is 0.522. The zero-order valence-electron chi connectivity index (χ0n) is 13.6. The van der Waals surface area contributed by atoms with Crippen LogP contribution in [0.25, 0.3) is 0 Å². The number of sulfonamides is 1. The second kappa shape index (κ2) is 9.73. The van der Waals surface area contributed by atoms with Crippen LogP contribution < -0.4 is 4.72 Å². The molecule has 1 heterocycles. The second-order valence-corrected chi connectivity index (χ2v) is 7.52. The van der Waals surface area contributed by atoms with Crippen LogP contribution in [-0.4, -0.2) is 64.4 Å². The lowest BCUT2D eigenvalue weighted by Gasteiger charge is -2.26. The molecule has 8 heteroatoms. The van der Waals surface area contributed by atoms with Crippen LogP contribution in [0.2, 0.25) is 0 Å². The van der Waals surface area contributed by atoms with Gasteiger partial charge < -0.3 is 9.47 Å². The minimum atomic E-state index is -3.47. The maximum atomic E-state index is 11.9. The molecular formula is C16H24N2O5S. The molecule has 1 N–H and O–H groups in total. The summed E-state index contributed by atoms with van der Waals surface area (Å²) in [7, 11) is -3.47. The minimum absolute atomic E-state index is 0.00365. The van der Waals surface area contributed by atoms with Gasteiger partial charge in [-0.1, -0.05) is 30.3 Å². The molecule has 0 spiro atoms. The fourth-order valence-electron chi connectivity index (χ4n) is 2.33. The fourth-order valence-corrected chi connectivity index (χ4v) is 3.32. The molecule has 0 unspecified atom stereocenters. The van der Waals surface area contributed by atoms with E-state index in [9.17, 15) is 13.2 Å². The molecule has 1 aromatic rings. The van der Waals surface area contributed by atoms with Crippen molar-refractivity contribution in [2.24, 2.45) is 0 Å². The molecule has 1 fully saturated rings. The molecule has 0 radical (unpaired) electrons. The fraction of sp³-hybridized carbons (Fsp3) is 0.562. The molecule has 1 aliphatic heterocycles. The van der Waals surface area contributed by atoms with Gasteiger partial charge in [-0.25, -0.2) is 13.1 Å². The number of hydrogen-bond acceptors (Lipinski definition) is 6. The third kappa shape index (κ3) is 7.39. The Morgan fingerprint density at radius 1 is 1.21 bits per heavy atom. The van der Waals surface area contributed by atoms with Gasteiger partial charge in [0.1, 0.15) is 13.2 Å². The number of carbonyl (C=O) groups is 1. The molecule has 0 bridgehead atoms. The molecule has 1 aromatic carbocycles. The van der Waals surface area contributed by atoms with Gasteiger partial charge in [0.15, 0.2) is 0 Å². The Balaban J connectivity index is 1.61. The minimum Gasteiger partial charge on any atom is -0.460 e. The Kier molecular flexibility index (Phi) is 7.64. The van der Waals surface area contributed by atoms with Crippen molar-refractivity contribution in [1.82, 2.24) is 9.62 Å². The number of hydrogen-bond donors (Lipinski definition) is 1. The van der Waals surface area contributed by atoms with Crippen molar-refractivity contribution < 1.29 is 22.7 Å². The zero-order valence-corrected chi connectivity index (χ0v) is 14.5. The van der Waals surface area contributed by atoms with Gasteiger partial charge in [-0.2, -0.15) is 0 Å². The van der Waals surface area contributed by atoms with Crippen molar-refractivity contribution in [3.8, 4) is 0 Å². The van der Waals surface area contributed by atoms with Gasteiger partial charge in [-0.05, 0) is 18.5 Å². The maximum absolute atomic E-state index is 11.9. The maximum Gasteiger partial charge on any atom is 0.321 e. The third-order valence-corrected chi connectivity index (χ3v) is 5.08. The summed E-state index contributed by atoms with van der Waals surface area (Å²) < 4.78 is 36.3. The topological polar surface area (TPSA) is 84.9 Å². The number of ether oxygens (including phenoxy) is 2. The van der Waals surface area contributed by atoms with E-state index in [0.29, 0.717) is 26.2 Å². The molecule has 0 aliphatic carbocycles. The van der Waals surface area contributed by atoms with E-state index in [1.807, 2.05) is 30.3 Å². The lowest BCUT2D eigenvalue weighted by Crippen LogP contribution is -2.38. The monoisotopic (exact) mass is 356 g/mol. The molecule has 0 saturated carbocycles. The van der Waals surface area contributed by atoms with Crippen LogP contribution in [0.3, 0.4) is 0 Å². The van der Waals surface area contributed by atoms with Gasteiger partial charge >= 0.3 is 5.97 Å². The number of benzene rings is 1. The van der Waals surface area contributed by atoms with Gasteiger partial charge in [0.2, 0.25) is 10.0 Å². The van der Waals surface area contributed by atoms with Crippen LogP contribution >= 0.6 is 0 Å². The summed E-state index contributed by atoms with van der Waals surface area (Å²) in [5.41, 5.74) is 0.860. The Hall–Kier alpha value is -1.48. The first-order chi connectivity index (χ1) is 11.6. The first kappa shape index (κ1) is 18.9. The third-order valence-electron chi connectivity index (χ3n) is 3.67. The van der Waals surface area contributed by atoms with Crippen molar-refractivity contribution in [2.75, 3.05) is 45.1 Å². The highest BCUT2D eigenvalue weighted by Gasteiger charge is 2.15. The highest BCUT2D eigenvalue weighted by molar-refractivity contribution is 7.89. The highest BCUT2D eigenvalue weighted by Crippen LogP contribution is 2.01.